The Kier molecular flexibility index (Phi) is 14.0. The van der Waals surface area contributed by atoms with Crippen LogP contribution in [-0.2, 0) is 0 Å². The molecule has 4 bridgehead atoms. The number of aryl methyl sites for hydroxylation is 6. The third-order valence-electron chi connectivity index (χ3n) is 19.6. The molecule has 6 aromatic carbocycles. The van der Waals surface area contributed by atoms with Crippen LogP contribution in [-0.4, -0.2) is 101 Å². The first-order valence-corrected chi connectivity index (χ1v) is 62.8. The molecule has 378 valence electrons. The summed E-state index contributed by atoms with van der Waals surface area (Å²) in [6.45, 7) is 48.9. The molecule has 0 aromatic heterocycles. The number of hydrogen-bond acceptors (Lipinski definition) is 6. The van der Waals surface area contributed by atoms with Crippen LogP contribution in [0, 0.1) is 41.5 Å². The first-order chi connectivity index (χ1) is 33.5. The van der Waals surface area contributed by atoms with Gasteiger partial charge in [0.1, 0.15) is 0 Å². The molecule has 6 heterocycles. The van der Waals surface area contributed by atoms with Gasteiger partial charge in [-0.25, -0.2) is 0 Å². The Hall–Kier alpha value is -2.55. The molecule has 0 spiro atoms. The molecule has 6 aliphatic rings. The zero-order valence-corrected chi connectivity index (χ0v) is 61.2. The van der Waals surface area contributed by atoms with Gasteiger partial charge >= 0.3 is 464 Å². The van der Waals surface area contributed by atoms with Crippen molar-refractivity contribution in [1.82, 2.24) is 0 Å². The fourth-order valence-corrected chi connectivity index (χ4v) is 293. The van der Waals surface area contributed by atoms with Crippen molar-refractivity contribution >= 4 is 135 Å². The van der Waals surface area contributed by atoms with Gasteiger partial charge in [-0.05, 0) is 0 Å². The molecule has 12 rings (SSSR count). The normalized spacial score (nSPS) is 21.7. The van der Waals surface area contributed by atoms with Gasteiger partial charge < -0.3 is 0 Å². The van der Waals surface area contributed by atoms with Gasteiger partial charge in [-0.1, -0.05) is 0 Å². The van der Waals surface area contributed by atoms with E-state index in [1.807, 2.05) is 0 Å². The molecule has 6 fully saturated rings. The van der Waals surface area contributed by atoms with E-state index < -0.39 is 101 Å². The Labute approximate surface area is 459 Å². The van der Waals surface area contributed by atoms with Crippen molar-refractivity contribution in [2.45, 2.75) is 133 Å². The van der Waals surface area contributed by atoms with Crippen LogP contribution in [0.5, 0.6) is 0 Å². The summed E-state index contributed by atoms with van der Waals surface area (Å²) in [5, 5.41) is 0. The van der Waals surface area contributed by atoms with Crippen LogP contribution in [0.3, 0.4) is 0 Å². The van der Waals surface area contributed by atoms with Crippen molar-refractivity contribution in [3.8, 4) is 0 Å². The zero-order chi connectivity index (χ0) is 52.5. The molecule has 0 saturated carbocycles. The average molecular weight is 1300 g/mol. The summed E-state index contributed by atoms with van der Waals surface area (Å²) in [4.78, 5) is 0. The molecule has 6 aliphatic heterocycles. The Morgan fingerprint density at radius 2 is 0.319 bits per heavy atom. The van der Waals surface area contributed by atoms with Gasteiger partial charge in [0.2, 0.25) is 0 Å². The van der Waals surface area contributed by atoms with Gasteiger partial charge in [-0.2, -0.15) is 0 Å². The van der Waals surface area contributed by atoms with E-state index in [1.165, 1.54) is 67.5 Å². The molecule has 72 heavy (non-hydrogen) atoms. The van der Waals surface area contributed by atoms with Crippen molar-refractivity contribution in [3.05, 3.63) is 179 Å². The summed E-state index contributed by atoms with van der Waals surface area (Å²) in [5.74, 6) is 0. The fourth-order valence-electron chi connectivity index (χ4n) is 14.7. The van der Waals surface area contributed by atoms with Crippen molar-refractivity contribution < 1.29 is 0 Å². The second-order valence-corrected chi connectivity index (χ2v) is 119. The first-order valence-electron chi connectivity index (χ1n) is 26.5. The van der Waals surface area contributed by atoms with Crippen molar-refractivity contribution in [2.24, 2.45) is 0 Å². The van der Waals surface area contributed by atoms with Crippen LogP contribution in [0.25, 0.3) is 0 Å². The van der Waals surface area contributed by atoms with Crippen molar-refractivity contribution in [3.63, 3.8) is 0 Å². The van der Waals surface area contributed by atoms with E-state index in [0.717, 1.165) is 0 Å². The molecule has 16 heteroatoms. The number of benzene rings is 6. The van der Waals surface area contributed by atoms with E-state index >= 15 is 0 Å². The predicted octanol–water partition coefficient (Wildman–Crippen LogP) is 14.7. The van der Waals surface area contributed by atoms with E-state index in [0.29, 0.717) is 0 Å². The van der Waals surface area contributed by atoms with Gasteiger partial charge in [0, 0.05) is 0 Å². The number of nitrogens with zero attached hydrogens (tertiary/aromatic N) is 6. The summed E-state index contributed by atoms with van der Waals surface area (Å²) in [5.41, 5.74) is 17.1. The number of fused-ring (bicyclic) bond motifs is 6. The van der Waals surface area contributed by atoms with Crippen molar-refractivity contribution in [1.29, 1.82) is 0 Å². The van der Waals surface area contributed by atoms with E-state index in [-0.39, 0.29) is 0 Å². The molecule has 0 atom stereocenters. The van der Waals surface area contributed by atoms with Gasteiger partial charge in [-0.3, -0.25) is 0 Å². The van der Waals surface area contributed by atoms with Crippen molar-refractivity contribution in [2.75, 3.05) is 16.7 Å². The molecule has 0 unspecified atom stereocenters. The van der Waals surface area contributed by atoms with Crippen LogP contribution >= 0.6 is 0 Å². The van der Waals surface area contributed by atoms with Gasteiger partial charge in [0.25, 0.3) is 0 Å². The molecule has 0 amide bonds. The molecule has 6 nitrogen and oxygen atoms in total. The van der Waals surface area contributed by atoms with Gasteiger partial charge in [0.15, 0.2) is 0 Å². The third-order valence-corrected chi connectivity index (χ3v) is 216. The topological polar surface area (TPSA) is 19.4 Å². The van der Waals surface area contributed by atoms with E-state index in [1.54, 1.807) is 0 Å². The fraction of sp³-hybridized carbons (Fsp3) is 0.357. The maximum atomic E-state index is 3.15. The molecular formula is C56H84N6Si8Sn2. The summed E-state index contributed by atoms with van der Waals surface area (Å²) in [6, 6.07) is 57.4. The standard InChI is InChI=1S/2C28H42N3Si4.2Sn/c2*1-23-11-17-26(18-12-23)29-32(4,5)35(10,33(6,7)30-27-19-13-24(2)14-20-27)34(8,9)31-28-21-15-25(3)16-22-28;;/h2*11-22H,1-10H3;;/q2*-3;2*+3. The molecule has 6 saturated heterocycles. The van der Waals surface area contributed by atoms with Crippen LogP contribution in [0.15, 0.2) is 146 Å². The Morgan fingerprint density at radius 1 is 0.208 bits per heavy atom. The number of rotatable bonds is 6. The average Bonchev–Trinajstić information content (AvgIpc) is 3.30. The predicted molar refractivity (Wildman–Crippen MR) is 342 cm³/mol. The Morgan fingerprint density at radius 3 is 0.431 bits per heavy atom. The van der Waals surface area contributed by atoms with E-state index in [9.17, 15) is 0 Å². The second-order valence-electron chi connectivity index (χ2n) is 25.2. The van der Waals surface area contributed by atoms with Crippen LogP contribution in [0.4, 0.5) is 34.1 Å². The van der Waals surface area contributed by atoms with E-state index in [4.69, 9.17) is 0 Å². The van der Waals surface area contributed by atoms with E-state index in [2.05, 4.69) is 296 Å². The Balaban J connectivity index is 0.000000178. The first kappa shape index (κ1) is 54.2. The third kappa shape index (κ3) is 7.80. The zero-order valence-electron chi connectivity index (χ0n) is 47.5. The van der Waals surface area contributed by atoms with Crippen LogP contribution < -0.4 is 16.7 Å². The molecule has 6 aromatic rings. The Bertz CT molecular complexity index is 2430. The molecular weight excluding hydrogens is 1220 g/mol. The quantitative estimate of drug-likeness (QED) is 0.154. The SMILES string of the molecule is Cc1ccc([N]2[Sn]3[N](c4ccc(C)cc4)[Si](C)(C)[Si](C)([Si]2(C)C)[Si](C)(C)[N]3c2ccc(C)cc2)cc1.Cc1ccc([N]2[Sn]3[N](c4ccc(C)cc4)[Si](C)(C)[Si](C)([Si]2(C)C)[Si](C)(C)[N]3c2ccc(C)cc2)cc1. The number of hydrogen-bond donors (Lipinski definition) is 0. The molecule has 2 radical (unpaired) electrons. The monoisotopic (exact) mass is 1300 g/mol. The summed E-state index contributed by atoms with van der Waals surface area (Å²) >= 11 is -5.31. The minimum absolute atomic E-state index is 1.35. The maximum absolute atomic E-state index is 3.15. The minimum atomic E-state index is -2.65. The summed E-state index contributed by atoms with van der Waals surface area (Å²) in [7, 11) is -10.3. The van der Waals surface area contributed by atoms with Crippen LogP contribution in [0.2, 0.25) is 91.7 Å². The van der Waals surface area contributed by atoms with Gasteiger partial charge in [0.05, 0.1) is 0 Å². The summed E-state index contributed by atoms with van der Waals surface area (Å²) < 4.78 is 18.9. The molecule has 0 N–H and O–H groups in total. The molecule has 0 aliphatic carbocycles. The van der Waals surface area contributed by atoms with Gasteiger partial charge in [-0.15, -0.1) is 0 Å². The summed E-state index contributed by atoms with van der Waals surface area (Å²) in [6.07, 6.45) is 0. The van der Waals surface area contributed by atoms with Crippen LogP contribution in [0.1, 0.15) is 33.4 Å². The number of anilines is 6. The second kappa shape index (κ2) is 18.6.